The van der Waals surface area contributed by atoms with Crippen molar-refractivity contribution in [3.63, 3.8) is 0 Å². The molecule has 1 unspecified atom stereocenters. The topological polar surface area (TPSA) is 26.3 Å². The zero-order valence-electron chi connectivity index (χ0n) is 17.7. The Morgan fingerprint density at radius 2 is 1.17 bits per heavy atom. The summed E-state index contributed by atoms with van der Waals surface area (Å²) in [6.07, 6.45) is 0. The average Bonchev–Trinajstić information content (AvgIpc) is 2.75. The van der Waals surface area contributed by atoms with Gasteiger partial charge in [0.1, 0.15) is 0 Å². The first-order valence-corrected chi connectivity index (χ1v) is 12.5. The van der Waals surface area contributed by atoms with Crippen molar-refractivity contribution in [2.24, 2.45) is 0 Å². The van der Waals surface area contributed by atoms with Gasteiger partial charge in [0.25, 0.3) is 0 Å². The molecule has 0 amide bonds. The number of rotatable bonds is 7. The van der Waals surface area contributed by atoms with Gasteiger partial charge in [-0.15, -0.1) is 0 Å². The van der Waals surface area contributed by atoms with Crippen LogP contribution in [0.2, 0.25) is 4.71 Å². The van der Waals surface area contributed by atoms with Gasteiger partial charge in [-0.05, 0) is 0 Å². The molecule has 156 valence electrons. The fourth-order valence-corrected chi connectivity index (χ4v) is 5.65. The van der Waals surface area contributed by atoms with Crippen LogP contribution >= 0.6 is 11.8 Å². The first-order chi connectivity index (χ1) is 14.3. The van der Waals surface area contributed by atoms with E-state index in [0.29, 0.717) is 5.75 Å². The summed E-state index contributed by atoms with van der Waals surface area (Å²) in [6.45, 7) is 5.75. The molecule has 3 aromatic carbocycles. The van der Waals surface area contributed by atoms with Gasteiger partial charge in [-0.3, -0.25) is 0 Å². The van der Waals surface area contributed by atoms with Crippen molar-refractivity contribution in [3.05, 3.63) is 108 Å². The zero-order valence-corrected chi connectivity index (χ0v) is 21.0. The van der Waals surface area contributed by atoms with Crippen LogP contribution in [0, 0.1) is 0 Å². The number of carbonyl (C=O) groups is 1. The van der Waals surface area contributed by atoms with Crippen LogP contribution in [0.4, 0.5) is 0 Å². The van der Waals surface area contributed by atoms with Crippen molar-refractivity contribution >= 4 is 34.6 Å². The molecular weight excluding hydrogens is 451 g/mol. The Morgan fingerprint density at radius 3 is 1.50 bits per heavy atom. The molecule has 0 fully saturated rings. The number of thioether (sulfide) groups is 1. The van der Waals surface area contributed by atoms with Gasteiger partial charge in [-0.25, -0.2) is 0 Å². The van der Waals surface area contributed by atoms with Crippen LogP contribution in [0.3, 0.4) is 0 Å². The quantitative estimate of drug-likeness (QED) is 0.255. The van der Waals surface area contributed by atoms with Crippen LogP contribution in [0.5, 0.6) is 0 Å². The van der Waals surface area contributed by atoms with E-state index in [1.807, 2.05) is 39.0 Å². The van der Waals surface area contributed by atoms with Crippen molar-refractivity contribution in [2.45, 2.75) is 35.8 Å². The number of hydrogen-bond donors (Lipinski definition) is 0. The summed E-state index contributed by atoms with van der Waals surface area (Å²) in [7, 11) is 0. The number of benzene rings is 3. The summed E-state index contributed by atoms with van der Waals surface area (Å²) in [5, 5.41) is 0. The Balaban J connectivity index is 2.05. The molecule has 0 aliphatic heterocycles. The second kappa shape index (κ2) is 9.90. The third-order valence-corrected chi connectivity index (χ3v) is 8.18. The van der Waals surface area contributed by atoms with E-state index in [2.05, 4.69) is 72.8 Å². The molecule has 0 saturated carbocycles. The first kappa shape index (κ1) is 22.7. The summed E-state index contributed by atoms with van der Waals surface area (Å²) < 4.78 is 5.08. The number of ether oxygens (including phenoxy) is 1. The van der Waals surface area contributed by atoms with Crippen LogP contribution in [0.15, 0.2) is 91.0 Å². The van der Waals surface area contributed by atoms with Gasteiger partial charge in [0.2, 0.25) is 0 Å². The summed E-state index contributed by atoms with van der Waals surface area (Å²) in [5.74, 6) is 0.547. The fraction of sp³-hybridized carbons (Fsp3) is 0.269. The molecule has 0 radical (unpaired) electrons. The third-order valence-electron chi connectivity index (χ3n) is 4.73. The Hall–Kier alpha value is -1.96. The van der Waals surface area contributed by atoms with Crippen LogP contribution in [0.25, 0.3) is 0 Å². The van der Waals surface area contributed by atoms with E-state index in [1.165, 1.54) is 33.5 Å². The molecule has 30 heavy (non-hydrogen) atoms. The molecule has 3 rings (SSSR count). The Morgan fingerprint density at radius 1 is 0.800 bits per heavy atom. The molecule has 4 heteroatoms. The Kier molecular flexibility index (Phi) is 7.49. The van der Waals surface area contributed by atoms with E-state index in [4.69, 9.17) is 4.74 Å². The molecule has 0 aliphatic carbocycles. The van der Waals surface area contributed by atoms with Crippen LogP contribution in [-0.4, -0.2) is 34.2 Å². The van der Waals surface area contributed by atoms with Gasteiger partial charge >= 0.3 is 193 Å². The molecule has 0 N–H and O–H groups in total. The zero-order chi connectivity index (χ0) is 21.6. The molecule has 3 aromatic rings. The summed E-state index contributed by atoms with van der Waals surface area (Å²) in [4.78, 5) is 12.7. The molecule has 0 saturated heterocycles. The molecule has 0 aromatic heterocycles. The van der Waals surface area contributed by atoms with Gasteiger partial charge in [-0.1, -0.05) is 0 Å². The number of carbonyl (C=O) groups excluding carboxylic acids is 1. The predicted octanol–water partition coefficient (Wildman–Crippen LogP) is 5.48. The molecule has 0 bridgehead atoms. The summed E-state index contributed by atoms with van der Waals surface area (Å²) >= 11 is 3.22. The normalized spacial score (nSPS) is 12.9. The second-order valence-electron chi connectivity index (χ2n) is 8.23. The van der Waals surface area contributed by atoms with E-state index >= 15 is 0 Å². The standard InChI is InChI=1S/C26H29AsO2S/c1-25(2,3)29-24(28)23(27)19-30-26(20-13-7-4-8-14-20,21-15-9-5-10-16-21)22-17-11-6-12-18-22/h4-18,23H,19,27H2,1-3H3/t23-/m0/s1. The maximum absolute atomic E-state index is 12.7. The van der Waals surface area contributed by atoms with Gasteiger partial charge in [0.15, 0.2) is 0 Å². The van der Waals surface area contributed by atoms with Crippen molar-refractivity contribution in [1.29, 1.82) is 0 Å². The fourth-order valence-electron chi connectivity index (χ4n) is 3.43. The Labute approximate surface area is 192 Å². The van der Waals surface area contributed by atoms with Crippen LogP contribution in [0.1, 0.15) is 37.5 Å². The molecule has 0 heterocycles. The van der Waals surface area contributed by atoms with Crippen molar-refractivity contribution < 1.29 is 9.53 Å². The average molecular weight is 481 g/mol. The number of hydrogen-bond acceptors (Lipinski definition) is 3. The van der Waals surface area contributed by atoms with Gasteiger partial charge in [0.05, 0.1) is 0 Å². The van der Waals surface area contributed by atoms with Crippen molar-refractivity contribution in [2.75, 3.05) is 5.75 Å². The molecular formula is C26H29AsO2S. The van der Waals surface area contributed by atoms with E-state index in [-0.39, 0.29) is 10.7 Å². The van der Waals surface area contributed by atoms with Gasteiger partial charge < -0.3 is 0 Å². The minimum absolute atomic E-state index is 0.127. The second-order valence-corrected chi connectivity index (χ2v) is 11.2. The van der Waals surface area contributed by atoms with E-state index in [0.717, 1.165) is 0 Å². The Bertz CT molecular complexity index is 840. The van der Waals surface area contributed by atoms with Crippen LogP contribution < -0.4 is 0 Å². The van der Waals surface area contributed by atoms with E-state index in [9.17, 15) is 4.79 Å². The number of esters is 1. The molecule has 2 nitrogen and oxygen atoms in total. The van der Waals surface area contributed by atoms with Crippen molar-refractivity contribution in [1.82, 2.24) is 0 Å². The monoisotopic (exact) mass is 480 g/mol. The molecule has 0 spiro atoms. The van der Waals surface area contributed by atoms with E-state index in [1.54, 1.807) is 11.8 Å². The van der Waals surface area contributed by atoms with Crippen molar-refractivity contribution in [3.8, 4) is 0 Å². The maximum atomic E-state index is 12.7. The van der Waals surface area contributed by atoms with E-state index < -0.39 is 10.3 Å². The summed E-state index contributed by atoms with van der Waals surface area (Å²) in [6, 6.07) is 31.7. The minimum atomic E-state index is -0.471. The predicted molar refractivity (Wildman–Crippen MR) is 130 cm³/mol. The summed E-state index contributed by atoms with van der Waals surface area (Å²) in [5.41, 5.74) is 3.14. The third kappa shape index (κ3) is 5.39. The molecule has 2 atom stereocenters. The van der Waals surface area contributed by atoms with Gasteiger partial charge in [-0.2, -0.15) is 0 Å². The molecule has 0 aliphatic rings. The SMILES string of the molecule is CC(C)(C)OC(=O)[C@@H]([AsH2])CSC(c1ccccc1)(c1ccccc1)c1ccccc1. The first-order valence-electron chi connectivity index (χ1n) is 10.1. The van der Waals surface area contributed by atoms with Crippen LogP contribution in [-0.2, 0) is 14.3 Å². The van der Waals surface area contributed by atoms with Gasteiger partial charge in [0, 0.05) is 0 Å².